The number of anilines is 1. The third-order valence-electron chi connectivity index (χ3n) is 5.15. The molecule has 4 aromatic rings. The first-order valence-electron chi connectivity index (χ1n) is 10.8. The van der Waals surface area contributed by atoms with Crippen LogP contribution < -0.4 is 20.6 Å². The number of thiophene rings is 1. The van der Waals surface area contributed by atoms with Crippen LogP contribution in [0, 0.1) is 17.0 Å². The van der Waals surface area contributed by atoms with Gasteiger partial charge in [-0.15, -0.1) is 11.3 Å². The number of aromatic nitrogens is 2. The van der Waals surface area contributed by atoms with E-state index in [0.717, 1.165) is 5.56 Å². The van der Waals surface area contributed by atoms with Crippen molar-refractivity contribution in [2.75, 3.05) is 12.3 Å². The molecule has 0 unspecified atom stereocenters. The molecule has 0 saturated carbocycles. The number of carbonyl (C=O) groups excluding carboxylic acids is 1. The highest BCUT2D eigenvalue weighted by Gasteiger charge is 2.18. The highest BCUT2D eigenvalue weighted by Crippen LogP contribution is 2.32. The maximum absolute atomic E-state index is 12.7. The Bertz CT molecular complexity index is 1450. The monoisotopic (exact) mass is 506 g/mol. The molecule has 0 radical (unpaired) electrons. The third kappa shape index (κ3) is 5.39. The van der Waals surface area contributed by atoms with Gasteiger partial charge in [-0.3, -0.25) is 14.9 Å². The van der Waals surface area contributed by atoms with E-state index in [4.69, 9.17) is 15.2 Å². The van der Waals surface area contributed by atoms with Crippen molar-refractivity contribution in [2.24, 2.45) is 5.10 Å². The summed E-state index contributed by atoms with van der Waals surface area (Å²) in [4.78, 5) is 32.3. The summed E-state index contributed by atoms with van der Waals surface area (Å²) in [6, 6.07) is 11.4. The molecule has 0 spiro atoms. The van der Waals surface area contributed by atoms with Crippen LogP contribution in [0.25, 0.3) is 10.2 Å². The molecule has 12 heteroatoms. The van der Waals surface area contributed by atoms with Gasteiger partial charge in [0.15, 0.2) is 11.5 Å². The molecule has 1 amide bonds. The lowest BCUT2D eigenvalue weighted by atomic mass is 10.2. The number of nitrogen functional groups attached to an aromatic ring is 1. The first-order chi connectivity index (χ1) is 17.4. The lowest BCUT2D eigenvalue weighted by Crippen LogP contribution is -2.17. The number of aryl methyl sites for hydroxylation is 1. The molecule has 0 bridgehead atoms. The highest BCUT2D eigenvalue weighted by atomic mass is 32.1. The maximum Gasteiger partial charge on any atom is 0.281 e. The Morgan fingerprint density at radius 3 is 2.67 bits per heavy atom. The molecule has 36 heavy (non-hydrogen) atoms. The second kappa shape index (κ2) is 10.8. The van der Waals surface area contributed by atoms with Gasteiger partial charge in [0.1, 0.15) is 23.6 Å². The molecular formula is C24H22N6O5S. The van der Waals surface area contributed by atoms with E-state index in [1.165, 1.54) is 36.0 Å². The van der Waals surface area contributed by atoms with E-state index in [1.54, 1.807) is 37.3 Å². The summed E-state index contributed by atoms with van der Waals surface area (Å²) in [6.07, 6.45) is 2.86. The Morgan fingerprint density at radius 2 is 1.97 bits per heavy atom. The van der Waals surface area contributed by atoms with Gasteiger partial charge in [0.25, 0.3) is 11.6 Å². The number of nitrogens with one attached hydrogen (secondary N) is 1. The Kier molecular flexibility index (Phi) is 7.35. The molecule has 11 nitrogen and oxygen atoms in total. The molecule has 0 aliphatic heterocycles. The van der Waals surface area contributed by atoms with Crippen molar-refractivity contribution in [3.05, 3.63) is 80.5 Å². The van der Waals surface area contributed by atoms with Crippen LogP contribution in [0.1, 0.15) is 33.3 Å². The highest BCUT2D eigenvalue weighted by molar-refractivity contribution is 7.20. The van der Waals surface area contributed by atoms with Gasteiger partial charge in [-0.25, -0.2) is 15.4 Å². The van der Waals surface area contributed by atoms with E-state index in [-0.39, 0.29) is 18.2 Å². The second-order valence-corrected chi connectivity index (χ2v) is 8.54. The predicted octanol–water partition coefficient (Wildman–Crippen LogP) is 4.23. The zero-order valence-electron chi connectivity index (χ0n) is 19.4. The minimum absolute atomic E-state index is 0.0183. The van der Waals surface area contributed by atoms with Crippen molar-refractivity contribution in [1.82, 2.24) is 15.4 Å². The lowest BCUT2D eigenvalue weighted by Gasteiger charge is -2.12. The van der Waals surface area contributed by atoms with Crippen LogP contribution in [0.4, 0.5) is 11.5 Å². The number of nitro benzene ring substituents is 1. The Morgan fingerprint density at radius 1 is 1.19 bits per heavy atom. The predicted molar refractivity (Wildman–Crippen MR) is 137 cm³/mol. The SMILES string of the molecule is CCOc1cc(/C=N\NC(=O)c2sc3ncnc(N)c3c2C)ccc1OCc1ccc([N+](=O)[O-])cc1. The molecule has 0 atom stereocenters. The van der Waals surface area contributed by atoms with Crippen molar-refractivity contribution in [3.8, 4) is 11.5 Å². The van der Waals surface area contributed by atoms with E-state index in [2.05, 4.69) is 20.5 Å². The van der Waals surface area contributed by atoms with Crippen molar-refractivity contribution >= 4 is 45.2 Å². The van der Waals surface area contributed by atoms with Gasteiger partial charge in [-0.2, -0.15) is 5.10 Å². The van der Waals surface area contributed by atoms with E-state index >= 15 is 0 Å². The first-order valence-corrected chi connectivity index (χ1v) is 11.6. The van der Waals surface area contributed by atoms with Crippen LogP contribution in [0.5, 0.6) is 11.5 Å². The summed E-state index contributed by atoms with van der Waals surface area (Å²) in [6.45, 7) is 4.28. The number of nitro groups is 1. The van der Waals surface area contributed by atoms with Crippen LogP contribution in [0.3, 0.4) is 0 Å². The number of hydrogen-bond acceptors (Lipinski definition) is 10. The summed E-state index contributed by atoms with van der Waals surface area (Å²) in [7, 11) is 0. The molecule has 0 fully saturated rings. The molecule has 184 valence electrons. The largest absolute Gasteiger partial charge is 0.490 e. The smallest absolute Gasteiger partial charge is 0.281 e. The van der Waals surface area contributed by atoms with Gasteiger partial charge >= 0.3 is 0 Å². The fraction of sp³-hybridized carbons (Fsp3) is 0.167. The number of non-ortho nitro benzene ring substituents is 1. The number of nitrogens with two attached hydrogens (primary N) is 1. The van der Waals surface area contributed by atoms with Crippen molar-refractivity contribution in [3.63, 3.8) is 0 Å². The minimum Gasteiger partial charge on any atom is -0.490 e. The number of fused-ring (bicyclic) bond motifs is 1. The summed E-state index contributed by atoms with van der Waals surface area (Å²) in [5, 5.41) is 15.5. The van der Waals surface area contributed by atoms with E-state index in [9.17, 15) is 14.9 Å². The lowest BCUT2D eigenvalue weighted by molar-refractivity contribution is -0.384. The fourth-order valence-electron chi connectivity index (χ4n) is 3.40. The number of nitrogens with zero attached hydrogens (tertiary/aromatic N) is 4. The topological polar surface area (TPSA) is 155 Å². The number of ether oxygens (including phenoxy) is 2. The summed E-state index contributed by atoms with van der Waals surface area (Å²) >= 11 is 1.22. The van der Waals surface area contributed by atoms with Gasteiger partial charge in [-0.05, 0) is 60.9 Å². The molecule has 0 aliphatic carbocycles. The molecule has 2 aromatic heterocycles. The van der Waals surface area contributed by atoms with Crippen LogP contribution in [0.15, 0.2) is 53.9 Å². The number of carbonyl (C=O) groups is 1. The van der Waals surface area contributed by atoms with Crippen LogP contribution >= 0.6 is 11.3 Å². The normalized spacial score (nSPS) is 11.1. The molecule has 3 N–H and O–H groups in total. The fourth-order valence-corrected chi connectivity index (χ4v) is 4.45. The summed E-state index contributed by atoms with van der Waals surface area (Å²) in [5.41, 5.74) is 10.6. The molecule has 2 heterocycles. The molecule has 0 saturated heterocycles. The van der Waals surface area contributed by atoms with Gasteiger partial charge in [-0.1, -0.05) is 0 Å². The summed E-state index contributed by atoms with van der Waals surface area (Å²) in [5.74, 6) is 0.968. The Balaban J connectivity index is 1.43. The van der Waals surface area contributed by atoms with Crippen molar-refractivity contribution in [1.29, 1.82) is 0 Å². The van der Waals surface area contributed by atoms with Gasteiger partial charge in [0.05, 0.1) is 28.0 Å². The zero-order chi connectivity index (χ0) is 25.7. The quantitative estimate of drug-likeness (QED) is 0.194. The van der Waals surface area contributed by atoms with Crippen LogP contribution in [-0.2, 0) is 6.61 Å². The van der Waals surface area contributed by atoms with Crippen molar-refractivity contribution < 1.29 is 19.2 Å². The van der Waals surface area contributed by atoms with E-state index in [0.29, 0.717) is 50.1 Å². The Labute approximate surface area is 209 Å². The summed E-state index contributed by atoms with van der Waals surface area (Å²) < 4.78 is 11.5. The average molecular weight is 507 g/mol. The van der Waals surface area contributed by atoms with E-state index < -0.39 is 4.92 Å². The molecule has 0 aliphatic rings. The van der Waals surface area contributed by atoms with Crippen molar-refractivity contribution in [2.45, 2.75) is 20.5 Å². The second-order valence-electron chi connectivity index (χ2n) is 7.55. The van der Waals surface area contributed by atoms with Crippen LogP contribution in [-0.4, -0.2) is 33.6 Å². The Hall–Kier alpha value is -4.58. The first kappa shape index (κ1) is 24.5. The van der Waals surface area contributed by atoms with Gasteiger partial charge in [0, 0.05) is 12.1 Å². The third-order valence-corrected chi connectivity index (χ3v) is 6.35. The van der Waals surface area contributed by atoms with Gasteiger partial charge in [0.2, 0.25) is 0 Å². The van der Waals surface area contributed by atoms with Crippen LogP contribution in [0.2, 0.25) is 0 Å². The average Bonchev–Trinajstić information content (AvgIpc) is 3.21. The van der Waals surface area contributed by atoms with E-state index in [1.807, 2.05) is 6.92 Å². The molecular weight excluding hydrogens is 484 g/mol. The number of benzene rings is 2. The number of hydrogen-bond donors (Lipinski definition) is 2. The number of rotatable bonds is 9. The number of hydrazone groups is 1. The number of amides is 1. The minimum atomic E-state index is -0.450. The molecule has 2 aromatic carbocycles. The zero-order valence-corrected chi connectivity index (χ0v) is 20.2. The molecule has 4 rings (SSSR count). The van der Waals surface area contributed by atoms with Gasteiger partial charge < -0.3 is 15.2 Å². The maximum atomic E-state index is 12.7. The standard InChI is InChI=1S/C24H22N6O5S/c1-3-34-19-10-16(6-9-18(19)35-12-15-4-7-17(8-5-15)30(32)33)11-28-29-23(31)21-14(2)20-22(25)26-13-27-24(20)36-21/h4-11,13H,3,12H2,1-2H3,(H,29,31)(H2,25,26,27)/b28-11-.